The first-order valence-electron chi connectivity index (χ1n) is 5.78. The molecule has 1 heterocycles. The van der Waals surface area contributed by atoms with Gasteiger partial charge in [0.05, 0.1) is 11.0 Å². The highest BCUT2D eigenvalue weighted by molar-refractivity contribution is 5.63. The highest BCUT2D eigenvalue weighted by Crippen LogP contribution is 2.28. The summed E-state index contributed by atoms with van der Waals surface area (Å²) in [5.41, 5.74) is 1.48. The fourth-order valence-corrected chi connectivity index (χ4v) is 1.86. The Balaban J connectivity index is 2.18. The number of nitrogens with one attached hydrogen (secondary N) is 1. The van der Waals surface area contributed by atoms with Crippen molar-refractivity contribution in [1.29, 1.82) is 5.26 Å². The fourth-order valence-electron chi connectivity index (χ4n) is 1.86. The van der Waals surface area contributed by atoms with Gasteiger partial charge in [-0.1, -0.05) is 0 Å². The molecule has 7 heteroatoms. The van der Waals surface area contributed by atoms with Crippen molar-refractivity contribution in [1.82, 2.24) is 4.57 Å². The van der Waals surface area contributed by atoms with Crippen molar-refractivity contribution in [3.05, 3.63) is 51.8 Å². The Kier molecular flexibility index (Phi) is 3.57. The normalized spacial score (nSPS) is 10.0. The standard InChI is InChI=1S/C13H12N4O3/c1-16-8-9(4-10(16)6-14)7-15-12-3-2-11(18)5-13(12)17(19)20/h2-5,8,15,18H,7H2,1H3. The highest BCUT2D eigenvalue weighted by Gasteiger charge is 2.14. The van der Waals surface area contributed by atoms with Gasteiger partial charge in [-0.3, -0.25) is 10.1 Å². The minimum absolute atomic E-state index is 0.159. The Morgan fingerprint density at radius 1 is 1.50 bits per heavy atom. The van der Waals surface area contributed by atoms with E-state index in [1.54, 1.807) is 23.9 Å². The van der Waals surface area contributed by atoms with Crippen molar-refractivity contribution in [2.24, 2.45) is 7.05 Å². The van der Waals surface area contributed by atoms with Crippen LogP contribution in [0.3, 0.4) is 0 Å². The van der Waals surface area contributed by atoms with Crippen LogP contribution in [0.4, 0.5) is 11.4 Å². The van der Waals surface area contributed by atoms with Crippen molar-refractivity contribution in [2.75, 3.05) is 5.32 Å². The summed E-state index contributed by atoms with van der Waals surface area (Å²) in [6.45, 7) is 0.348. The maximum absolute atomic E-state index is 10.9. The van der Waals surface area contributed by atoms with E-state index in [0.29, 0.717) is 17.9 Å². The van der Waals surface area contributed by atoms with Crippen LogP contribution in [-0.4, -0.2) is 14.6 Å². The Morgan fingerprint density at radius 3 is 2.85 bits per heavy atom. The van der Waals surface area contributed by atoms with Crippen LogP contribution in [0.2, 0.25) is 0 Å². The van der Waals surface area contributed by atoms with Gasteiger partial charge in [0.15, 0.2) is 0 Å². The number of hydrogen-bond donors (Lipinski definition) is 2. The quantitative estimate of drug-likeness (QED) is 0.504. The Morgan fingerprint density at radius 2 is 2.25 bits per heavy atom. The van der Waals surface area contributed by atoms with Crippen LogP contribution in [0.5, 0.6) is 5.75 Å². The molecule has 0 aliphatic carbocycles. The van der Waals surface area contributed by atoms with E-state index in [1.165, 1.54) is 12.1 Å². The summed E-state index contributed by atoms with van der Waals surface area (Å²) in [4.78, 5) is 10.3. The predicted molar refractivity (Wildman–Crippen MR) is 72.2 cm³/mol. The maximum Gasteiger partial charge on any atom is 0.296 e. The number of nitrogens with zero attached hydrogens (tertiary/aromatic N) is 3. The second-order valence-corrected chi connectivity index (χ2v) is 4.27. The number of aryl methyl sites for hydroxylation is 1. The molecule has 20 heavy (non-hydrogen) atoms. The molecule has 2 aromatic rings. The van der Waals surface area contributed by atoms with E-state index < -0.39 is 4.92 Å². The molecule has 0 saturated carbocycles. The zero-order valence-corrected chi connectivity index (χ0v) is 10.7. The summed E-state index contributed by atoms with van der Waals surface area (Å²) in [6.07, 6.45) is 1.78. The lowest BCUT2D eigenvalue weighted by atomic mass is 10.2. The second kappa shape index (κ2) is 5.32. The molecule has 2 N–H and O–H groups in total. The zero-order valence-electron chi connectivity index (χ0n) is 10.7. The number of benzene rings is 1. The van der Waals surface area contributed by atoms with Gasteiger partial charge in [-0.05, 0) is 23.8 Å². The van der Waals surface area contributed by atoms with E-state index in [2.05, 4.69) is 5.32 Å². The first-order chi connectivity index (χ1) is 9.51. The number of aromatic nitrogens is 1. The van der Waals surface area contributed by atoms with Gasteiger partial charge in [0.2, 0.25) is 0 Å². The number of phenolic OH excluding ortho intramolecular Hbond substituents is 1. The van der Waals surface area contributed by atoms with Gasteiger partial charge in [0.25, 0.3) is 5.69 Å². The summed E-state index contributed by atoms with van der Waals surface area (Å²) in [6, 6.07) is 7.67. The smallest absolute Gasteiger partial charge is 0.296 e. The van der Waals surface area contributed by atoms with Gasteiger partial charge >= 0.3 is 0 Å². The number of nitro groups is 1. The fraction of sp³-hybridized carbons (Fsp3) is 0.154. The third-order valence-corrected chi connectivity index (χ3v) is 2.84. The molecule has 0 fully saturated rings. The molecule has 7 nitrogen and oxygen atoms in total. The molecule has 0 aliphatic rings. The number of anilines is 1. The predicted octanol–water partition coefficient (Wildman–Crippen LogP) is 2.12. The third kappa shape index (κ3) is 2.70. The molecule has 0 bridgehead atoms. The molecule has 2 rings (SSSR count). The van der Waals surface area contributed by atoms with Gasteiger partial charge in [0, 0.05) is 19.8 Å². The van der Waals surface area contributed by atoms with Crippen molar-refractivity contribution in [2.45, 2.75) is 6.54 Å². The van der Waals surface area contributed by atoms with Crippen LogP contribution in [-0.2, 0) is 13.6 Å². The number of nitriles is 1. The number of hydrogen-bond acceptors (Lipinski definition) is 5. The maximum atomic E-state index is 10.9. The number of rotatable bonds is 4. The van der Waals surface area contributed by atoms with E-state index >= 15 is 0 Å². The van der Waals surface area contributed by atoms with Crippen LogP contribution in [0, 0.1) is 21.4 Å². The monoisotopic (exact) mass is 272 g/mol. The Labute approximate surface area is 114 Å². The van der Waals surface area contributed by atoms with Gasteiger partial charge in [0.1, 0.15) is 23.2 Å². The largest absolute Gasteiger partial charge is 0.508 e. The molecule has 102 valence electrons. The van der Waals surface area contributed by atoms with Crippen LogP contribution >= 0.6 is 0 Å². The Hall–Kier alpha value is -3.01. The van der Waals surface area contributed by atoms with Crippen molar-refractivity contribution in [3.8, 4) is 11.8 Å². The molecule has 1 aromatic heterocycles. The molecule has 0 unspecified atom stereocenters. The van der Waals surface area contributed by atoms with Gasteiger partial charge in [-0.15, -0.1) is 0 Å². The molecule has 0 amide bonds. The van der Waals surface area contributed by atoms with Crippen molar-refractivity contribution >= 4 is 11.4 Å². The summed E-state index contributed by atoms with van der Waals surface area (Å²) < 4.78 is 1.68. The SMILES string of the molecule is Cn1cc(CNc2ccc(O)cc2[N+](=O)[O-])cc1C#N. The van der Waals surface area contributed by atoms with Crippen molar-refractivity contribution in [3.63, 3.8) is 0 Å². The van der Waals surface area contributed by atoms with Gasteiger partial charge < -0.3 is 15.0 Å². The zero-order chi connectivity index (χ0) is 14.7. The third-order valence-electron chi connectivity index (χ3n) is 2.84. The van der Waals surface area contributed by atoms with Crippen LogP contribution in [0.15, 0.2) is 30.5 Å². The molecular formula is C13H12N4O3. The molecule has 0 spiro atoms. The molecule has 0 aliphatic heterocycles. The average molecular weight is 272 g/mol. The van der Waals surface area contributed by atoms with E-state index in [9.17, 15) is 15.2 Å². The van der Waals surface area contributed by atoms with E-state index in [1.807, 2.05) is 6.07 Å². The average Bonchev–Trinajstić information content (AvgIpc) is 2.77. The summed E-state index contributed by atoms with van der Waals surface area (Å²) in [5, 5.41) is 32.0. The highest BCUT2D eigenvalue weighted by atomic mass is 16.6. The van der Waals surface area contributed by atoms with Crippen molar-refractivity contribution < 1.29 is 10.0 Å². The lowest BCUT2D eigenvalue weighted by Gasteiger charge is -2.06. The Bertz CT molecular complexity index is 700. The minimum atomic E-state index is -0.562. The molecule has 0 atom stereocenters. The van der Waals surface area contributed by atoms with Crippen LogP contribution in [0.1, 0.15) is 11.3 Å². The molecular weight excluding hydrogens is 260 g/mol. The molecule has 0 radical (unpaired) electrons. The molecule has 1 aromatic carbocycles. The number of aromatic hydroxyl groups is 1. The number of phenols is 1. The van der Waals surface area contributed by atoms with Gasteiger partial charge in [-0.25, -0.2) is 0 Å². The topological polar surface area (TPSA) is 104 Å². The first-order valence-corrected chi connectivity index (χ1v) is 5.78. The summed E-state index contributed by atoms with van der Waals surface area (Å²) >= 11 is 0. The number of nitro benzene ring substituents is 1. The summed E-state index contributed by atoms with van der Waals surface area (Å²) in [5.74, 6) is -0.159. The first kappa shape index (κ1) is 13.4. The second-order valence-electron chi connectivity index (χ2n) is 4.27. The minimum Gasteiger partial charge on any atom is -0.508 e. The van der Waals surface area contributed by atoms with Gasteiger partial charge in [-0.2, -0.15) is 5.26 Å². The van der Waals surface area contributed by atoms with E-state index in [-0.39, 0.29) is 11.4 Å². The van der Waals surface area contributed by atoms with Crippen LogP contribution in [0.25, 0.3) is 0 Å². The lowest BCUT2D eigenvalue weighted by Crippen LogP contribution is -2.01. The summed E-state index contributed by atoms with van der Waals surface area (Å²) in [7, 11) is 1.76. The van der Waals surface area contributed by atoms with E-state index in [0.717, 1.165) is 11.6 Å². The van der Waals surface area contributed by atoms with E-state index in [4.69, 9.17) is 5.26 Å². The lowest BCUT2D eigenvalue weighted by molar-refractivity contribution is -0.384. The van der Waals surface area contributed by atoms with Crippen LogP contribution < -0.4 is 5.32 Å². The molecule has 0 saturated heterocycles.